The van der Waals surface area contributed by atoms with Crippen molar-refractivity contribution in [1.29, 1.82) is 0 Å². The number of hydrogen-bond acceptors (Lipinski definition) is 5. The molecule has 0 fully saturated rings. The average molecular weight is 329 g/mol. The van der Waals surface area contributed by atoms with Crippen molar-refractivity contribution >= 4 is 15.8 Å². The first-order valence-electron chi connectivity index (χ1n) is 6.87. The fraction of sp³-hybridized carbons (Fsp3) is 0.133. The summed E-state index contributed by atoms with van der Waals surface area (Å²) in [6.07, 6.45) is 4.61. The number of sulfonamides is 1. The van der Waals surface area contributed by atoms with Gasteiger partial charge in [0.1, 0.15) is 12.1 Å². The van der Waals surface area contributed by atoms with Crippen molar-refractivity contribution in [1.82, 2.24) is 19.7 Å². The summed E-state index contributed by atoms with van der Waals surface area (Å²) in [7, 11) is -3.71. The van der Waals surface area contributed by atoms with Gasteiger partial charge in [-0.2, -0.15) is 5.10 Å². The Labute approximate surface area is 134 Å². The van der Waals surface area contributed by atoms with Crippen LogP contribution in [0.15, 0.2) is 53.9 Å². The molecule has 3 aromatic rings. The summed E-state index contributed by atoms with van der Waals surface area (Å²) in [4.78, 5) is 8.23. The maximum absolute atomic E-state index is 12.5. The highest BCUT2D eigenvalue weighted by molar-refractivity contribution is 7.92. The third kappa shape index (κ3) is 3.37. The number of aromatic nitrogens is 4. The summed E-state index contributed by atoms with van der Waals surface area (Å²) < 4.78 is 29.0. The van der Waals surface area contributed by atoms with E-state index in [1.807, 2.05) is 19.9 Å². The number of aryl methyl sites for hydroxylation is 2. The molecular formula is C15H15N5O2S. The number of benzene rings is 1. The van der Waals surface area contributed by atoms with E-state index in [0.717, 1.165) is 11.1 Å². The minimum Gasteiger partial charge on any atom is -0.263 e. The molecule has 1 N–H and O–H groups in total. The van der Waals surface area contributed by atoms with Crippen molar-refractivity contribution in [2.45, 2.75) is 18.7 Å². The standard InChI is InChI=1S/C15H15N5O2S/c1-11-6-12(2)8-13(7-11)23(21,22)19-14-9-15(17-10-16-14)20-5-3-4-18-20/h3-10H,1-2H3,(H,16,17,19). The zero-order valence-electron chi connectivity index (χ0n) is 12.6. The molecule has 0 spiro atoms. The van der Waals surface area contributed by atoms with Crippen LogP contribution < -0.4 is 4.72 Å². The lowest BCUT2D eigenvalue weighted by molar-refractivity contribution is 0.601. The second-order valence-corrected chi connectivity index (χ2v) is 6.82. The van der Waals surface area contributed by atoms with E-state index in [4.69, 9.17) is 0 Å². The highest BCUT2D eigenvalue weighted by atomic mass is 32.2. The molecule has 23 heavy (non-hydrogen) atoms. The molecule has 118 valence electrons. The summed E-state index contributed by atoms with van der Waals surface area (Å²) in [6.45, 7) is 3.71. The Morgan fingerprint density at radius 1 is 1.04 bits per heavy atom. The Morgan fingerprint density at radius 2 is 1.78 bits per heavy atom. The molecule has 7 nitrogen and oxygen atoms in total. The molecule has 0 aliphatic carbocycles. The van der Waals surface area contributed by atoms with Crippen molar-refractivity contribution in [2.24, 2.45) is 0 Å². The summed E-state index contributed by atoms with van der Waals surface area (Å²) in [5.41, 5.74) is 1.76. The van der Waals surface area contributed by atoms with Gasteiger partial charge in [-0.15, -0.1) is 0 Å². The van der Waals surface area contributed by atoms with Crippen LogP contribution in [0, 0.1) is 13.8 Å². The quantitative estimate of drug-likeness (QED) is 0.791. The lowest BCUT2D eigenvalue weighted by atomic mass is 10.2. The topological polar surface area (TPSA) is 89.8 Å². The highest BCUT2D eigenvalue weighted by Crippen LogP contribution is 2.18. The minimum atomic E-state index is -3.71. The molecule has 8 heteroatoms. The molecule has 0 unspecified atom stereocenters. The van der Waals surface area contributed by atoms with Gasteiger partial charge in [0.2, 0.25) is 0 Å². The first-order chi connectivity index (χ1) is 10.9. The van der Waals surface area contributed by atoms with Gasteiger partial charge < -0.3 is 0 Å². The average Bonchev–Trinajstić information content (AvgIpc) is 3.00. The third-order valence-electron chi connectivity index (χ3n) is 3.14. The number of anilines is 1. The fourth-order valence-electron chi connectivity index (χ4n) is 2.22. The molecule has 2 heterocycles. The largest absolute Gasteiger partial charge is 0.263 e. The van der Waals surface area contributed by atoms with Gasteiger partial charge in [-0.25, -0.2) is 23.1 Å². The van der Waals surface area contributed by atoms with Gasteiger partial charge in [-0.3, -0.25) is 4.72 Å². The Balaban J connectivity index is 1.93. The molecular weight excluding hydrogens is 314 g/mol. The first-order valence-corrected chi connectivity index (χ1v) is 8.35. The van der Waals surface area contributed by atoms with Crippen LogP contribution in [0.4, 0.5) is 5.82 Å². The van der Waals surface area contributed by atoms with Crippen molar-refractivity contribution in [3.63, 3.8) is 0 Å². The molecule has 0 saturated carbocycles. The van der Waals surface area contributed by atoms with Crippen molar-refractivity contribution < 1.29 is 8.42 Å². The van der Waals surface area contributed by atoms with Crippen LogP contribution in [0.3, 0.4) is 0 Å². The molecule has 0 aliphatic heterocycles. The fourth-order valence-corrected chi connectivity index (χ4v) is 3.40. The molecule has 0 atom stereocenters. The lowest BCUT2D eigenvalue weighted by Gasteiger charge is -2.09. The normalized spacial score (nSPS) is 11.4. The summed E-state index contributed by atoms with van der Waals surface area (Å²) >= 11 is 0. The van der Waals surface area contributed by atoms with Gasteiger partial charge in [0, 0.05) is 18.5 Å². The molecule has 0 bridgehead atoms. The van der Waals surface area contributed by atoms with E-state index < -0.39 is 10.0 Å². The summed E-state index contributed by atoms with van der Waals surface area (Å²) in [5.74, 6) is 0.660. The van der Waals surface area contributed by atoms with Gasteiger partial charge in [-0.05, 0) is 43.2 Å². The predicted octanol–water partition coefficient (Wildman–Crippen LogP) is 2.08. The van der Waals surface area contributed by atoms with Crippen LogP contribution in [-0.2, 0) is 10.0 Å². The van der Waals surface area contributed by atoms with E-state index in [1.54, 1.807) is 30.6 Å². The van der Waals surface area contributed by atoms with Crippen LogP contribution in [0.25, 0.3) is 5.82 Å². The molecule has 0 aliphatic rings. The van der Waals surface area contributed by atoms with Crippen molar-refractivity contribution in [3.8, 4) is 5.82 Å². The smallest absolute Gasteiger partial charge is 0.263 e. The number of hydrogen-bond donors (Lipinski definition) is 1. The lowest BCUT2D eigenvalue weighted by Crippen LogP contribution is -2.15. The van der Waals surface area contributed by atoms with Crippen LogP contribution in [0.2, 0.25) is 0 Å². The second kappa shape index (κ2) is 5.81. The van der Waals surface area contributed by atoms with Crippen molar-refractivity contribution in [2.75, 3.05) is 4.72 Å². The predicted molar refractivity (Wildman–Crippen MR) is 85.9 cm³/mol. The third-order valence-corrected chi connectivity index (χ3v) is 4.47. The zero-order valence-corrected chi connectivity index (χ0v) is 13.4. The van der Waals surface area contributed by atoms with E-state index in [0.29, 0.717) is 5.82 Å². The van der Waals surface area contributed by atoms with Crippen LogP contribution >= 0.6 is 0 Å². The van der Waals surface area contributed by atoms with Crippen LogP contribution in [-0.4, -0.2) is 28.2 Å². The molecule has 1 aromatic carbocycles. The summed E-state index contributed by atoms with van der Waals surface area (Å²) in [6, 6.07) is 8.42. The molecule has 0 amide bonds. The van der Waals surface area contributed by atoms with Gasteiger partial charge in [0.25, 0.3) is 10.0 Å². The minimum absolute atomic E-state index is 0.185. The molecule has 3 rings (SSSR count). The van der Waals surface area contributed by atoms with E-state index in [9.17, 15) is 8.42 Å². The number of nitrogens with zero attached hydrogens (tertiary/aromatic N) is 4. The Bertz CT molecular complexity index is 916. The second-order valence-electron chi connectivity index (χ2n) is 5.14. The Hall–Kier alpha value is -2.74. The van der Waals surface area contributed by atoms with Crippen molar-refractivity contribution in [3.05, 3.63) is 60.2 Å². The number of rotatable bonds is 4. The van der Waals surface area contributed by atoms with E-state index in [-0.39, 0.29) is 10.7 Å². The Kier molecular flexibility index (Phi) is 3.83. The SMILES string of the molecule is Cc1cc(C)cc(S(=O)(=O)Nc2cc(-n3cccn3)ncn2)c1. The van der Waals surface area contributed by atoms with Gasteiger partial charge in [0.15, 0.2) is 5.82 Å². The van der Waals surface area contributed by atoms with E-state index in [2.05, 4.69) is 19.8 Å². The maximum Gasteiger partial charge on any atom is 0.263 e. The monoisotopic (exact) mass is 329 g/mol. The van der Waals surface area contributed by atoms with E-state index >= 15 is 0 Å². The highest BCUT2D eigenvalue weighted by Gasteiger charge is 2.16. The van der Waals surface area contributed by atoms with Gasteiger partial charge in [-0.1, -0.05) is 6.07 Å². The molecule has 0 radical (unpaired) electrons. The van der Waals surface area contributed by atoms with Gasteiger partial charge >= 0.3 is 0 Å². The molecule has 0 saturated heterocycles. The van der Waals surface area contributed by atoms with Gasteiger partial charge in [0.05, 0.1) is 4.90 Å². The van der Waals surface area contributed by atoms with Crippen LogP contribution in [0.1, 0.15) is 11.1 Å². The van der Waals surface area contributed by atoms with Crippen LogP contribution in [0.5, 0.6) is 0 Å². The molecule has 2 aromatic heterocycles. The first kappa shape index (κ1) is 15.2. The Morgan fingerprint density at radius 3 is 2.43 bits per heavy atom. The summed E-state index contributed by atoms with van der Waals surface area (Å²) in [5, 5.41) is 4.05. The zero-order chi connectivity index (χ0) is 16.4. The number of nitrogens with one attached hydrogen (secondary N) is 1. The maximum atomic E-state index is 12.5. The van der Waals surface area contributed by atoms with E-state index in [1.165, 1.54) is 17.1 Å².